The van der Waals surface area contributed by atoms with Gasteiger partial charge in [-0.2, -0.15) is 0 Å². The molecule has 1 saturated carbocycles. The Morgan fingerprint density at radius 2 is 2.10 bits per heavy atom. The SMILES string of the molecule is Cc1ccc([C@H](C)O)c(OCC2CCC3(CCCC3)O2)c1. The van der Waals surface area contributed by atoms with E-state index in [1.165, 1.54) is 32.1 Å². The molecule has 1 heterocycles. The monoisotopic (exact) mass is 290 g/mol. The van der Waals surface area contributed by atoms with Crippen molar-refractivity contribution >= 4 is 0 Å². The molecule has 1 N–H and O–H groups in total. The summed E-state index contributed by atoms with van der Waals surface area (Å²) in [5.74, 6) is 0.793. The van der Waals surface area contributed by atoms with Crippen LogP contribution >= 0.6 is 0 Å². The van der Waals surface area contributed by atoms with E-state index >= 15 is 0 Å². The smallest absolute Gasteiger partial charge is 0.125 e. The molecule has 1 aromatic carbocycles. The molecule has 1 spiro atoms. The van der Waals surface area contributed by atoms with Crippen LogP contribution in [0.3, 0.4) is 0 Å². The van der Waals surface area contributed by atoms with Gasteiger partial charge in [-0.3, -0.25) is 0 Å². The lowest BCUT2D eigenvalue weighted by Gasteiger charge is -2.24. The van der Waals surface area contributed by atoms with Crippen molar-refractivity contribution in [2.24, 2.45) is 0 Å². The first-order chi connectivity index (χ1) is 10.1. The Hall–Kier alpha value is -1.06. The fourth-order valence-electron chi connectivity index (χ4n) is 3.69. The van der Waals surface area contributed by atoms with Gasteiger partial charge in [0.05, 0.1) is 17.8 Å². The van der Waals surface area contributed by atoms with Gasteiger partial charge in [0.25, 0.3) is 0 Å². The minimum absolute atomic E-state index is 0.160. The van der Waals surface area contributed by atoms with Crippen LogP contribution in [0.4, 0.5) is 0 Å². The Bertz CT molecular complexity index is 489. The second kappa shape index (κ2) is 5.98. The van der Waals surface area contributed by atoms with Crippen LogP contribution in [0.5, 0.6) is 5.75 Å². The van der Waals surface area contributed by atoms with Crippen molar-refractivity contribution < 1.29 is 14.6 Å². The molecule has 2 fully saturated rings. The first-order valence-corrected chi connectivity index (χ1v) is 8.17. The lowest BCUT2D eigenvalue weighted by Crippen LogP contribution is -2.27. The largest absolute Gasteiger partial charge is 0.490 e. The normalized spacial score (nSPS) is 25.4. The van der Waals surface area contributed by atoms with E-state index in [1.54, 1.807) is 6.92 Å². The number of ether oxygens (including phenoxy) is 2. The van der Waals surface area contributed by atoms with Crippen LogP contribution in [0.1, 0.15) is 62.7 Å². The van der Waals surface area contributed by atoms with E-state index in [9.17, 15) is 5.11 Å². The van der Waals surface area contributed by atoms with Crippen molar-refractivity contribution in [3.8, 4) is 5.75 Å². The van der Waals surface area contributed by atoms with E-state index in [4.69, 9.17) is 9.47 Å². The maximum absolute atomic E-state index is 9.84. The van der Waals surface area contributed by atoms with E-state index in [2.05, 4.69) is 0 Å². The van der Waals surface area contributed by atoms with Crippen molar-refractivity contribution in [2.75, 3.05) is 6.61 Å². The minimum Gasteiger partial charge on any atom is -0.490 e. The number of aryl methyl sites for hydroxylation is 1. The van der Waals surface area contributed by atoms with Crippen molar-refractivity contribution in [3.63, 3.8) is 0 Å². The fourth-order valence-corrected chi connectivity index (χ4v) is 3.69. The molecule has 2 atom stereocenters. The molecular formula is C18H26O3. The number of hydrogen-bond acceptors (Lipinski definition) is 3. The highest BCUT2D eigenvalue weighted by molar-refractivity contribution is 5.38. The molecule has 0 aromatic heterocycles. The highest BCUT2D eigenvalue weighted by Gasteiger charge is 2.42. The van der Waals surface area contributed by atoms with Crippen LogP contribution in [0.2, 0.25) is 0 Å². The van der Waals surface area contributed by atoms with Crippen molar-refractivity contribution in [3.05, 3.63) is 29.3 Å². The highest BCUT2D eigenvalue weighted by Crippen LogP contribution is 2.43. The summed E-state index contributed by atoms with van der Waals surface area (Å²) in [5.41, 5.74) is 2.16. The van der Waals surface area contributed by atoms with Crippen LogP contribution in [-0.2, 0) is 4.74 Å². The zero-order chi connectivity index (χ0) is 14.9. The van der Waals surface area contributed by atoms with E-state index < -0.39 is 6.10 Å². The summed E-state index contributed by atoms with van der Waals surface area (Å²) < 4.78 is 12.3. The third kappa shape index (κ3) is 3.24. The van der Waals surface area contributed by atoms with Gasteiger partial charge in [0.2, 0.25) is 0 Å². The maximum atomic E-state index is 9.84. The van der Waals surface area contributed by atoms with Gasteiger partial charge < -0.3 is 14.6 Å². The molecule has 1 aliphatic carbocycles. The third-order valence-corrected chi connectivity index (χ3v) is 4.90. The quantitative estimate of drug-likeness (QED) is 0.913. The molecule has 1 aromatic rings. The average Bonchev–Trinajstić information content (AvgIpc) is 3.07. The lowest BCUT2D eigenvalue weighted by molar-refractivity contribution is -0.0511. The molecule has 1 aliphatic heterocycles. The number of aliphatic hydroxyl groups is 1. The summed E-state index contributed by atoms with van der Waals surface area (Å²) in [6, 6.07) is 5.96. The van der Waals surface area contributed by atoms with Gasteiger partial charge >= 0.3 is 0 Å². The highest BCUT2D eigenvalue weighted by atomic mass is 16.6. The van der Waals surface area contributed by atoms with Crippen molar-refractivity contribution in [1.82, 2.24) is 0 Å². The van der Waals surface area contributed by atoms with Crippen LogP contribution in [0.25, 0.3) is 0 Å². The molecule has 3 heteroatoms. The summed E-state index contributed by atoms with van der Waals surface area (Å²) in [7, 11) is 0. The summed E-state index contributed by atoms with van der Waals surface area (Å²) >= 11 is 0. The van der Waals surface area contributed by atoms with Gasteiger partial charge in [0, 0.05) is 5.56 Å². The first-order valence-electron chi connectivity index (χ1n) is 8.17. The molecular weight excluding hydrogens is 264 g/mol. The standard InChI is InChI=1S/C18H26O3/c1-13-5-6-16(14(2)19)17(11-13)20-12-15-7-10-18(21-15)8-3-4-9-18/h5-6,11,14-15,19H,3-4,7-10,12H2,1-2H3/t14-,15?/m0/s1. The molecule has 21 heavy (non-hydrogen) atoms. The van der Waals surface area contributed by atoms with Crippen LogP contribution < -0.4 is 4.74 Å². The van der Waals surface area contributed by atoms with E-state index in [0.29, 0.717) is 6.61 Å². The van der Waals surface area contributed by atoms with Gasteiger partial charge in [-0.05, 0) is 51.2 Å². The van der Waals surface area contributed by atoms with Crippen molar-refractivity contribution in [1.29, 1.82) is 0 Å². The lowest BCUT2D eigenvalue weighted by atomic mass is 9.98. The summed E-state index contributed by atoms with van der Waals surface area (Å²) in [6.45, 7) is 4.40. The van der Waals surface area contributed by atoms with Gasteiger partial charge in [-0.1, -0.05) is 25.0 Å². The van der Waals surface area contributed by atoms with E-state index in [0.717, 1.165) is 23.3 Å². The number of hydrogen-bond donors (Lipinski definition) is 1. The van der Waals surface area contributed by atoms with Crippen LogP contribution in [0, 0.1) is 6.92 Å². The molecule has 3 rings (SSSR count). The molecule has 0 radical (unpaired) electrons. The zero-order valence-corrected chi connectivity index (χ0v) is 13.1. The Morgan fingerprint density at radius 3 is 2.81 bits per heavy atom. The zero-order valence-electron chi connectivity index (χ0n) is 13.1. The second-order valence-electron chi connectivity index (χ2n) is 6.70. The van der Waals surface area contributed by atoms with Gasteiger partial charge in [0.1, 0.15) is 12.4 Å². The fraction of sp³-hybridized carbons (Fsp3) is 0.667. The van der Waals surface area contributed by atoms with Crippen LogP contribution in [0.15, 0.2) is 18.2 Å². The Labute approximate surface area is 127 Å². The molecule has 1 saturated heterocycles. The molecule has 0 bridgehead atoms. The number of benzene rings is 1. The van der Waals surface area contributed by atoms with Gasteiger partial charge in [0.15, 0.2) is 0 Å². The Kier molecular flexibility index (Phi) is 4.23. The van der Waals surface area contributed by atoms with Gasteiger partial charge in [-0.25, -0.2) is 0 Å². The Morgan fingerprint density at radius 1 is 1.33 bits per heavy atom. The van der Waals surface area contributed by atoms with Gasteiger partial charge in [-0.15, -0.1) is 0 Å². The predicted molar refractivity (Wildman–Crippen MR) is 82.6 cm³/mol. The predicted octanol–water partition coefficient (Wildman–Crippen LogP) is 3.92. The topological polar surface area (TPSA) is 38.7 Å². The molecule has 1 unspecified atom stereocenters. The maximum Gasteiger partial charge on any atom is 0.125 e. The Balaban J connectivity index is 1.62. The summed E-state index contributed by atoms with van der Waals surface area (Å²) in [4.78, 5) is 0. The average molecular weight is 290 g/mol. The molecule has 0 amide bonds. The minimum atomic E-state index is -0.508. The summed E-state index contributed by atoms with van der Waals surface area (Å²) in [5, 5.41) is 9.84. The third-order valence-electron chi connectivity index (χ3n) is 4.90. The van der Waals surface area contributed by atoms with Crippen LogP contribution in [-0.4, -0.2) is 23.4 Å². The summed E-state index contributed by atoms with van der Waals surface area (Å²) in [6.07, 6.45) is 7.00. The molecule has 116 valence electrons. The second-order valence-corrected chi connectivity index (χ2v) is 6.70. The molecule has 2 aliphatic rings. The van der Waals surface area contributed by atoms with E-state index in [1.807, 2.05) is 25.1 Å². The van der Waals surface area contributed by atoms with Crippen molar-refractivity contribution in [2.45, 2.75) is 70.2 Å². The molecule has 3 nitrogen and oxygen atoms in total. The first kappa shape index (κ1) is 14.9. The number of rotatable bonds is 4. The van der Waals surface area contributed by atoms with E-state index in [-0.39, 0.29) is 11.7 Å². The number of aliphatic hydroxyl groups excluding tert-OH is 1.